The molecule has 0 spiro atoms. The molecule has 1 fully saturated rings. The van der Waals surface area contributed by atoms with Gasteiger partial charge in [-0.1, -0.05) is 6.07 Å². The summed E-state index contributed by atoms with van der Waals surface area (Å²) in [6.07, 6.45) is 0.920. The summed E-state index contributed by atoms with van der Waals surface area (Å²) in [5.74, 6) is -0.355. The lowest BCUT2D eigenvalue weighted by molar-refractivity contribution is -0.126. The van der Waals surface area contributed by atoms with Gasteiger partial charge in [-0.15, -0.1) is 0 Å². The van der Waals surface area contributed by atoms with Gasteiger partial charge in [-0.3, -0.25) is 4.79 Å². The van der Waals surface area contributed by atoms with Gasteiger partial charge in [-0.05, 0) is 25.0 Å². The smallest absolute Gasteiger partial charge is 0.245 e. The van der Waals surface area contributed by atoms with E-state index in [0.717, 1.165) is 11.7 Å². The number of nitrogens with one attached hydrogen (secondary N) is 1. The Labute approximate surface area is 143 Å². The molecular formula is C14H18N4O4S2. The number of carbonyl (C=O) groups is 1. The Morgan fingerprint density at radius 3 is 2.79 bits per heavy atom. The third-order valence-corrected chi connectivity index (χ3v) is 6.58. The molecule has 2 N–H and O–H groups in total. The van der Waals surface area contributed by atoms with E-state index < -0.39 is 10.0 Å². The van der Waals surface area contributed by atoms with E-state index in [1.807, 2.05) is 0 Å². The molecule has 8 nitrogen and oxygen atoms in total. The lowest BCUT2D eigenvalue weighted by atomic mass is 9.97. The lowest BCUT2D eigenvalue weighted by Gasteiger charge is -2.30. The molecule has 0 unspecified atom stereocenters. The largest absolute Gasteiger partial charge is 0.395 e. The van der Waals surface area contributed by atoms with Crippen LogP contribution in [0.3, 0.4) is 0 Å². The molecule has 3 rings (SSSR count). The zero-order valence-corrected chi connectivity index (χ0v) is 14.5. The van der Waals surface area contributed by atoms with Crippen molar-refractivity contribution in [3.05, 3.63) is 18.2 Å². The summed E-state index contributed by atoms with van der Waals surface area (Å²) in [6.45, 7) is 0.682. The van der Waals surface area contributed by atoms with Crippen LogP contribution in [0.5, 0.6) is 0 Å². The summed E-state index contributed by atoms with van der Waals surface area (Å²) in [5.41, 5.74) is 0.963. The molecule has 1 aliphatic heterocycles. The van der Waals surface area contributed by atoms with Gasteiger partial charge in [0.1, 0.15) is 15.9 Å². The van der Waals surface area contributed by atoms with Crippen LogP contribution < -0.4 is 5.32 Å². The van der Waals surface area contributed by atoms with E-state index in [0.29, 0.717) is 23.9 Å². The SMILES string of the molecule is O=C(NCCO)C1CCN(S(=O)(=O)c2cccc3nsnc23)CC1. The molecule has 10 heteroatoms. The van der Waals surface area contributed by atoms with E-state index in [2.05, 4.69) is 14.1 Å². The number of aliphatic hydroxyl groups excluding tert-OH is 1. The average Bonchev–Trinajstić information content (AvgIpc) is 3.08. The van der Waals surface area contributed by atoms with Gasteiger partial charge in [0.15, 0.2) is 0 Å². The van der Waals surface area contributed by atoms with Gasteiger partial charge in [-0.2, -0.15) is 13.1 Å². The standard InChI is InChI=1S/C14H18N4O4S2/c19-9-6-15-14(20)10-4-7-18(8-5-10)24(21,22)12-3-1-2-11-13(12)17-23-16-11/h1-3,10,19H,4-9H2,(H,15,20). The second-order valence-corrected chi connectivity index (χ2v) is 8.02. The molecule has 0 radical (unpaired) electrons. The number of rotatable bonds is 5. The van der Waals surface area contributed by atoms with Crippen molar-refractivity contribution in [2.75, 3.05) is 26.2 Å². The lowest BCUT2D eigenvalue weighted by Crippen LogP contribution is -2.43. The van der Waals surface area contributed by atoms with Gasteiger partial charge in [0, 0.05) is 25.6 Å². The van der Waals surface area contributed by atoms with Crippen LogP contribution >= 0.6 is 11.7 Å². The normalized spacial score (nSPS) is 17.2. The highest BCUT2D eigenvalue weighted by Crippen LogP contribution is 2.28. The summed E-state index contributed by atoms with van der Waals surface area (Å²) in [4.78, 5) is 12.1. The maximum absolute atomic E-state index is 12.9. The van der Waals surface area contributed by atoms with E-state index in [4.69, 9.17) is 5.11 Å². The first-order valence-electron chi connectivity index (χ1n) is 7.64. The second kappa shape index (κ2) is 7.09. The number of fused-ring (bicyclic) bond motifs is 1. The topological polar surface area (TPSA) is 112 Å². The average molecular weight is 370 g/mol. The van der Waals surface area contributed by atoms with E-state index in [-0.39, 0.29) is 43.0 Å². The van der Waals surface area contributed by atoms with Crippen LogP contribution in [0, 0.1) is 5.92 Å². The fourth-order valence-corrected chi connectivity index (χ4v) is 5.03. The van der Waals surface area contributed by atoms with Crippen molar-refractivity contribution >= 4 is 38.7 Å². The van der Waals surface area contributed by atoms with Crippen molar-refractivity contribution in [2.24, 2.45) is 5.92 Å². The molecule has 0 aliphatic carbocycles. The highest BCUT2D eigenvalue weighted by atomic mass is 32.2. The number of hydrogen-bond donors (Lipinski definition) is 2. The first-order chi connectivity index (χ1) is 11.5. The van der Waals surface area contributed by atoms with Crippen LogP contribution in [0.2, 0.25) is 0 Å². The van der Waals surface area contributed by atoms with E-state index >= 15 is 0 Å². The van der Waals surface area contributed by atoms with Crippen LogP contribution in [0.25, 0.3) is 11.0 Å². The predicted octanol–water partition coefficient (Wildman–Crippen LogP) is 0.200. The molecule has 130 valence electrons. The minimum Gasteiger partial charge on any atom is -0.395 e. The van der Waals surface area contributed by atoms with Crippen molar-refractivity contribution < 1.29 is 18.3 Å². The molecular weight excluding hydrogens is 352 g/mol. The van der Waals surface area contributed by atoms with Gasteiger partial charge >= 0.3 is 0 Å². The van der Waals surface area contributed by atoms with Gasteiger partial charge in [0.05, 0.1) is 18.3 Å². The van der Waals surface area contributed by atoms with Crippen LogP contribution in [-0.2, 0) is 14.8 Å². The Morgan fingerprint density at radius 1 is 1.33 bits per heavy atom. The molecule has 2 heterocycles. The quantitative estimate of drug-likeness (QED) is 0.777. The number of amides is 1. The van der Waals surface area contributed by atoms with Gasteiger partial charge in [-0.25, -0.2) is 8.42 Å². The molecule has 1 aromatic carbocycles. The number of nitrogens with zero attached hydrogens (tertiary/aromatic N) is 3. The maximum Gasteiger partial charge on any atom is 0.245 e. The van der Waals surface area contributed by atoms with E-state index in [1.54, 1.807) is 18.2 Å². The minimum atomic E-state index is -3.66. The van der Waals surface area contributed by atoms with Crippen LogP contribution in [0.4, 0.5) is 0 Å². The predicted molar refractivity (Wildman–Crippen MR) is 89.0 cm³/mol. The van der Waals surface area contributed by atoms with Crippen molar-refractivity contribution in [1.82, 2.24) is 18.4 Å². The fraction of sp³-hybridized carbons (Fsp3) is 0.500. The van der Waals surface area contributed by atoms with Crippen molar-refractivity contribution in [2.45, 2.75) is 17.7 Å². The molecule has 0 bridgehead atoms. The van der Waals surface area contributed by atoms with E-state index in [1.165, 1.54) is 4.31 Å². The minimum absolute atomic E-state index is 0.107. The molecule has 1 amide bonds. The second-order valence-electron chi connectivity index (χ2n) is 5.58. The summed E-state index contributed by atoms with van der Waals surface area (Å²) in [7, 11) is -3.66. The van der Waals surface area contributed by atoms with Crippen LogP contribution in [-0.4, -0.2) is 58.7 Å². The van der Waals surface area contributed by atoms with Crippen molar-refractivity contribution in [1.29, 1.82) is 0 Å². The van der Waals surface area contributed by atoms with Crippen molar-refractivity contribution in [3.8, 4) is 0 Å². The van der Waals surface area contributed by atoms with Crippen molar-refractivity contribution in [3.63, 3.8) is 0 Å². The Kier molecular flexibility index (Phi) is 5.09. The van der Waals surface area contributed by atoms with Crippen LogP contribution in [0.15, 0.2) is 23.1 Å². The third kappa shape index (κ3) is 3.27. The van der Waals surface area contributed by atoms with Gasteiger partial charge in [0.25, 0.3) is 0 Å². The number of aliphatic hydroxyl groups is 1. The molecule has 1 aromatic heterocycles. The van der Waals surface area contributed by atoms with Gasteiger partial charge in [0.2, 0.25) is 15.9 Å². The Hall–Kier alpha value is -1.62. The number of hydrogen-bond acceptors (Lipinski definition) is 7. The van der Waals surface area contributed by atoms with Crippen LogP contribution in [0.1, 0.15) is 12.8 Å². The first kappa shape index (κ1) is 17.2. The number of sulfonamides is 1. The molecule has 0 saturated carbocycles. The maximum atomic E-state index is 12.9. The summed E-state index contributed by atoms with van der Waals surface area (Å²) in [6, 6.07) is 4.93. The number of piperidine rings is 1. The summed E-state index contributed by atoms with van der Waals surface area (Å²) >= 11 is 0.985. The number of benzene rings is 1. The number of carbonyl (C=O) groups excluding carboxylic acids is 1. The highest BCUT2D eigenvalue weighted by Gasteiger charge is 2.33. The zero-order valence-electron chi connectivity index (χ0n) is 12.9. The molecule has 0 atom stereocenters. The number of aromatic nitrogens is 2. The Bertz CT molecular complexity index is 828. The monoisotopic (exact) mass is 370 g/mol. The molecule has 24 heavy (non-hydrogen) atoms. The van der Waals surface area contributed by atoms with Gasteiger partial charge < -0.3 is 10.4 Å². The first-order valence-corrected chi connectivity index (χ1v) is 9.81. The summed E-state index contributed by atoms with van der Waals surface area (Å²) in [5, 5.41) is 11.4. The summed E-state index contributed by atoms with van der Waals surface area (Å²) < 4.78 is 35.3. The Morgan fingerprint density at radius 2 is 2.08 bits per heavy atom. The molecule has 2 aromatic rings. The molecule has 1 aliphatic rings. The zero-order chi connectivity index (χ0) is 17.2. The fourth-order valence-electron chi connectivity index (χ4n) is 2.81. The Balaban J connectivity index is 1.74. The highest BCUT2D eigenvalue weighted by molar-refractivity contribution is 7.89. The molecule has 1 saturated heterocycles. The van der Waals surface area contributed by atoms with E-state index in [9.17, 15) is 13.2 Å². The third-order valence-electron chi connectivity index (χ3n) is 4.10.